The Morgan fingerprint density at radius 3 is 2.53 bits per heavy atom. The highest BCUT2D eigenvalue weighted by molar-refractivity contribution is 5.95. The van der Waals surface area contributed by atoms with E-state index in [9.17, 15) is 9.59 Å². The number of rotatable bonds is 7. The molecular formula is C14H18N2O3. The van der Waals surface area contributed by atoms with Crippen LogP contribution in [0.1, 0.15) is 17.5 Å². The van der Waals surface area contributed by atoms with Crippen LogP contribution in [0.25, 0.3) is 0 Å². The number of amides is 2. The van der Waals surface area contributed by atoms with Crippen LogP contribution in [-0.2, 0) is 4.79 Å². The molecule has 0 radical (unpaired) electrons. The number of nitrogens with zero attached hydrogens (tertiary/aromatic N) is 1. The molecule has 0 saturated carbocycles. The first-order valence-corrected chi connectivity index (χ1v) is 5.95. The van der Waals surface area contributed by atoms with Gasteiger partial charge in [0.05, 0.1) is 6.26 Å². The quantitative estimate of drug-likeness (QED) is 0.759. The molecule has 0 aliphatic carbocycles. The molecule has 1 atom stereocenters. The first-order chi connectivity index (χ1) is 9.10. The predicted octanol–water partition coefficient (Wildman–Crippen LogP) is 1.60. The third kappa shape index (κ3) is 4.13. The van der Waals surface area contributed by atoms with Gasteiger partial charge in [0.25, 0.3) is 5.91 Å². The maximum Gasteiger partial charge on any atom is 0.287 e. The van der Waals surface area contributed by atoms with Gasteiger partial charge in [-0.15, -0.1) is 13.2 Å². The summed E-state index contributed by atoms with van der Waals surface area (Å²) in [6.45, 7) is 9.64. The number of carbonyl (C=O) groups is 2. The minimum absolute atomic E-state index is 0.179. The number of hydrogen-bond acceptors (Lipinski definition) is 3. The van der Waals surface area contributed by atoms with Gasteiger partial charge in [0, 0.05) is 13.1 Å². The second kappa shape index (κ2) is 7.20. The largest absolute Gasteiger partial charge is 0.459 e. The van der Waals surface area contributed by atoms with Crippen molar-refractivity contribution in [2.24, 2.45) is 0 Å². The molecule has 0 aliphatic heterocycles. The van der Waals surface area contributed by atoms with Crippen molar-refractivity contribution < 1.29 is 14.0 Å². The highest BCUT2D eigenvalue weighted by atomic mass is 16.3. The lowest BCUT2D eigenvalue weighted by molar-refractivity contribution is -0.131. The summed E-state index contributed by atoms with van der Waals surface area (Å²) in [4.78, 5) is 25.4. The number of furan rings is 1. The Balaban J connectivity index is 2.62. The Morgan fingerprint density at radius 2 is 2.05 bits per heavy atom. The highest BCUT2D eigenvalue weighted by Crippen LogP contribution is 2.02. The summed E-state index contributed by atoms with van der Waals surface area (Å²) < 4.78 is 4.96. The van der Waals surface area contributed by atoms with Crippen LogP contribution in [0, 0.1) is 0 Å². The lowest BCUT2D eigenvalue weighted by Gasteiger charge is -2.23. The van der Waals surface area contributed by atoms with Crippen molar-refractivity contribution in [2.75, 3.05) is 13.1 Å². The van der Waals surface area contributed by atoms with Crippen LogP contribution in [0.15, 0.2) is 48.1 Å². The lowest BCUT2D eigenvalue weighted by Crippen LogP contribution is -2.47. The zero-order chi connectivity index (χ0) is 14.3. The minimum atomic E-state index is -0.641. The summed E-state index contributed by atoms with van der Waals surface area (Å²) in [5.41, 5.74) is 0. The molecule has 0 bridgehead atoms. The van der Waals surface area contributed by atoms with Crippen molar-refractivity contribution in [2.45, 2.75) is 13.0 Å². The maximum absolute atomic E-state index is 12.1. The van der Waals surface area contributed by atoms with Crippen LogP contribution in [0.2, 0.25) is 0 Å². The van der Waals surface area contributed by atoms with E-state index >= 15 is 0 Å². The fourth-order valence-electron chi connectivity index (χ4n) is 1.58. The molecule has 0 saturated heterocycles. The Hall–Kier alpha value is -2.30. The number of hydrogen-bond donors (Lipinski definition) is 1. The first kappa shape index (κ1) is 14.8. The van der Waals surface area contributed by atoms with Crippen LogP contribution < -0.4 is 5.32 Å². The van der Waals surface area contributed by atoms with Crippen molar-refractivity contribution in [1.29, 1.82) is 0 Å². The molecule has 102 valence electrons. The molecule has 0 aromatic carbocycles. The van der Waals surface area contributed by atoms with E-state index in [-0.39, 0.29) is 11.7 Å². The molecule has 1 rings (SSSR count). The van der Waals surface area contributed by atoms with Gasteiger partial charge in [-0.25, -0.2) is 0 Å². The van der Waals surface area contributed by atoms with Crippen LogP contribution >= 0.6 is 0 Å². The second-order valence-electron chi connectivity index (χ2n) is 3.99. The van der Waals surface area contributed by atoms with Crippen LogP contribution in [0.3, 0.4) is 0 Å². The van der Waals surface area contributed by atoms with Gasteiger partial charge in [-0.1, -0.05) is 12.2 Å². The monoisotopic (exact) mass is 262 g/mol. The van der Waals surface area contributed by atoms with Crippen molar-refractivity contribution in [3.8, 4) is 0 Å². The van der Waals surface area contributed by atoms with Gasteiger partial charge in [0.1, 0.15) is 6.04 Å². The van der Waals surface area contributed by atoms with Crippen molar-refractivity contribution in [3.63, 3.8) is 0 Å². The summed E-state index contributed by atoms with van der Waals surface area (Å²) in [6, 6.07) is 2.51. The van der Waals surface area contributed by atoms with E-state index in [1.807, 2.05) is 0 Å². The molecule has 1 unspecified atom stereocenters. The lowest BCUT2D eigenvalue weighted by atomic mass is 10.2. The predicted molar refractivity (Wildman–Crippen MR) is 72.6 cm³/mol. The average Bonchev–Trinajstić information content (AvgIpc) is 2.91. The molecular weight excluding hydrogens is 244 g/mol. The van der Waals surface area contributed by atoms with Crippen molar-refractivity contribution >= 4 is 11.8 Å². The molecule has 1 aromatic heterocycles. The van der Waals surface area contributed by atoms with Gasteiger partial charge in [0.2, 0.25) is 5.91 Å². The second-order valence-corrected chi connectivity index (χ2v) is 3.99. The van der Waals surface area contributed by atoms with E-state index in [1.54, 1.807) is 30.0 Å². The van der Waals surface area contributed by atoms with Gasteiger partial charge in [-0.3, -0.25) is 9.59 Å². The SMILES string of the molecule is C=CCN(CC=C)C(=O)C(C)NC(=O)c1ccco1. The molecule has 2 amide bonds. The minimum Gasteiger partial charge on any atom is -0.459 e. The first-order valence-electron chi connectivity index (χ1n) is 5.95. The van der Waals surface area contributed by atoms with E-state index < -0.39 is 11.9 Å². The van der Waals surface area contributed by atoms with E-state index in [2.05, 4.69) is 18.5 Å². The summed E-state index contributed by atoms with van der Waals surface area (Å²) in [5, 5.41) is 2.59. The van der Waals surface area contributed by atoms with Gasteiger partial charge < -0.3 is 14.6 Å². The summed E-state index contributed by atoms with van der Waals surface area (Å²) in [5.74, 6) is -0.429. The van der Waals surface area contributed by atoms with Gasteiger partial charge in [-0.2, -0.15) is 0 Å². The van der Waals surface area contributed by atoms with Crippen molar-refractivity contribution in [1.82, 2.24) is 10.2 Å². The fourth-order valence-corrected chi connectivity index (χ4v) is 1.58. The Labute approximate surface area is 112 Å². The molecule has 0 spiro atoms. The maximum atomic E-state index is 12.1. The van der Waals surface area contributed by atoms with E-state index in [1.165, 1.54) is 12.3 Å². The number of nitrogens with one attached hydrogen (secondary N) is 1. The Kier molecular flexibility index (Phi) is 5.60. The average molecular weight is 262 g/mol. The molecule has 19 heavy (non-hydrogen) atoms. The number of carbonyl (C=O) groups excluding carboxylic acids is 2. The van der Waals surface area contributed by atoms with Crippen LogP contribution in [-0.4, -0.2) is 35.8 Å². The Bertz CT molecular complexity index is 441. The van der Waals surface area contributed by atoms with E-state index in [0.29, 0.717) is 13.1 Å². The van der Waals surface area contributed by atoms with Gasteiger partial charge >= 0.3 is 0 Å². The normalized spacial score (nSPS) is 11.4. The van der Waals surface area contributed by atoms with Gasteiger partial charge in [-0.05, 0) is 19.1 Å². The summed E-state index contributed by atoms with van der Waals surface area (Å²) >= 11 is 0. The third-order valence-corrected chi connectivity index (χ3v) is 2.47. The highest BCUT2D eigenvalue weighted by Gasteiger charge is 2.21. The zero-order valence-corrected chi connectivity index (χ0v) is 11.0. The smallest absolute Gasteiger partial charge is 0.287 e. The fraction of sp³-hybridized carbons (Fsp3) is 0.286. The zero-order valence-electron chi connectivity index (χ0n) is 11.0. The Morgan fingerprint density at radius 1 is 1.42 bits per heavy atom. The summed E-state index contributed by atoms with van der Waals surface area (Å²) in [7, 11) is 0. The molecule has 1 heterocycles. The third-order valence-electron chi connectivity index (χ3n) is 2.47. The van der Waals surface area contributed by atoms with Crippen LogP contribution in [0.4, 0.5) is 0 Å². The van der Waals surface area contributed by atoms with Crippen molar-refractivity contribution in [3.05, 3.63) is 49.5 Å². The molecule has 0 fully saturated rings. The molecule has 5 nitrogen and oxygen atoms in total. The summed E-state index contributed by atoms with van der Waals surface area (Å²) in [6.07, 6.45) is 4.66. The molecule has 5 heteroatoms. The molecule has 0 aliphatic rings. The molecule has 1 N–H and O–H groups in total. The standard InChI is InChI=1S/C14H18N2O3/c1-4-8-16(9-5-2)14(18)11(3)15-13(17)12-7-6-10-19-12/h4-7,10-11H,1-2,8-9H2,3H3,(H,15,17). The molecule has 1 aromatic rings. The van der Waals surface area contributed by atoms with Crippen LogP contribution in [0.5, 0.6) is 0 Å². The van der Waals surface area contributed by atoms with Gasteiger partial charge in [0.15, 0.2) is 5.76 Å². The topological polar surface area (TPSA) is 62.6 Å². The van der Waals surface area contributed by atoms with E-state index in [0.717, 1.165) is 0 Å². The van der Waals surface area contributed by atoms with E-state index in [4.69, 9.17) is 4.42 Å².